The average Bonchev–Trinajstić information content (AvgIpc) is 3.29. The zero-order valence-corrected chi connectivity index (χ0v) is 17.2. The third kappa shape index (κ3) is 3.18. The molecule has 2 heterocycles. The molecule has 1 aromatic heterocycles. The van der Waals surface area contributed by atoms with E-state index in [1.54, 1.807) is 12.1 Å². The normalized spacial score (nSPS) is 23.9. The molecule has 30 heavy (non-hydrogen) atoms. The summed E-state index contributed by atoms with van der Waals surface area (Å²) in [5.74, 6) is 0.260. The van der Waals surface area contributed by atoms with Crippen LogP contribution in [0.2, 0.25) is 0 Å². The van der Waals surface area contributed by atoms with Crippen molar-refractivity contribution < 1.29 is 14.0 Å². The maximum atomic E-state index is 13.4. The Morgan fingerprint density at radius 3 is 2.73 bits per heavy atom. The summed E-state index contributed by atoms with van der Waals surface area (Å²) >= 11 is 0. The molecule has 6 heteroatoms. The van der Waals surface area contributed by atoms with E-state index < -0.39 is 0 Å². The molecule has 5 nitrogen and oxygen atoms in total. The molecule has 156 valence electrons. The molecule has 1 aromatic carbocycles. The van der Waals surface area contributed by atoms with E-state index in [0.717, 1.165) is 42.6 Å². The van der Waals surface area contributed by atoms with Crippen molar-refractivity contribution >= 4 is 11.7 Å². The fourth-order valence-electron chi connectivity index (χ4n) is 5.42. The van der Waals surface area contributed by atoms with E-state index in [1.807, 2.05) is 15.8 Å². The van der Waals surface area contributed by atoms with Crippen LogP contribution in [0.3, 0.4) is 0 Å². The molecule has 0 unspecified atom stereocenters. The molecule has 0 bridgehead atoms. The molecule has 1 saturated heterocycles. The van der Waals surface area contributed by atoms with Crippen LogP contribution >= 0.6 is 0 Å². The van der Waals surface area contributed by atoms with Crippen LogP contribution in [-0.2, 0) is 16.0 Å². The van der Waals surface area contributed by atoms with Gasteiger partial charge in [0.25, 0.3) is 0 Å². The number of allylic oxidation sites excluding steroid dienone is 1. The van der Waals surface area contributed by atoms with E-state index in [4.69, 9.17) is 0 Å². The number of carbonyl (C=O) groups is 2. The molecule has 2 aliphatic carbocycles. The van der Waals surface area contributed by atoms with Crippen LogP contribution < -0.4 is 0 Å². The fourth-order valence-corrected chi connectivity index (χ4v) is 5.42. The van der Waals surface area contributed by atoms with Gasteiger partial charge < -0.3 is 4.90 Å². The Balaban J connectivity index is 1.42. The van der Waals surface area contributed by atoms with Crippen molar-refractivity contribution in [2.75, 3.05) is 13.1 Å². The summed E-state index contributed by atoms with van der Waals surface area (Å²) in [4.78, 5) is 27.0. The minimum absolute atomic E-state index is 0.0782. The molecule has 0 spiro atoms. The molecule has 1 aliphatic heterocycles. The number of carbonyl (C=O) groups excluding carboxylic acids is 2. The first-order chi connectivity index (χ1) is 14.5. The van der Waals surface area contributed by atoms with Crippen molar-refractivity contribution in [1.29, 1.82) is 0 Å². The minimum Gasteiger partial charge on any atom is -0.342 e. The number of likely N-dealkylation sites (tertiary alicyclic amines) is 1. The van der Waals surface area contributed by atoms with Crippen molar-refractivity contribution in [2.45, 2.75) is 51.4 Å². The minimum atomic E-state index is -0.259. The number of halogens is 1. The van der Waals surface area contributed by atoms with Crippen molar-refractivity contribution in [3.8, 4) is 5.69 Å². The fraction of sp³-hybridized carbons (Fsp3) is 0.458. The SMILES string of the molecule is C[C@@H]1C2=C(CC[C@@H]2C(=O)N2CCCC(=O)CC2)Cc2c1cnn2-c1ccc(F)cc1. The summed E-state index contributed by atoms with van der Waals surface area (Å²) in [6.45, 7) is 3.41. The maximum Gasteiger partial charge on any atom is 0.229 e. The summed E-state index contributed by atoms with van der Waals surface area (Å²) in [5, 5.41) is 4.59. The van der Waals surface area contributed by atoms with E-state index in [-0.39, 0.29) is 29.3 Å². The molecule has 2 atom stereocenters. The number of benzene rings is 1. The molecule has 1 amide bonds. The van der Waals surface area contributed by atoms with Gasteiger partial charge in [0.2, 0.25) is 5.91 Å². The van der Waals surface area contributed by atoms with Gasteiger partial charge in [0, 0.05) is 43.8 Å². The van der Waals surface area contributed by atoms with Gasteiger partial charge in [0.15, 0.2) is 0 Å². The van der Waals surface area contributed by atoms with Gasteiger partial charge >= 0.3 is 0 Å². The second-order valence-electron chi connectivity index (χ2n) is 8.70. The summed E-state index contributed by atoms with van der Waals surface area (Å²) < 4.78 is 15.2. The van der Waals surface area contributed by atoms with Crippen molar-refractivity contribution in [1.82, 2.24) is 14.7 Å². The number of hydrogen-bond acceptors (Lipinski definition) is 3. The van der Waals surface area contributed by atoms with Crippen LogP contribution in [0.15, 0.2) is 41.6 Å². The molecular weight excluding hydrogens is 381 g/mol. The lowest BCUT2D eigenvalue weighted by Crippen LogP contribution is -2.37. The largest absolute Gasteiger partial charge is 0.342 e. The third-order valence-corrected chi connectivity index (χ3v) is 6.96. The van der Waals surface area contributed by atoms with E-state index in [1.165, 1.54) is 23.3 Å². The Bertz CT molecular complexity index is 1040. The van der Waals surface area contributed by atoms with Crippen molar-refractivity contribution in [2.24, 2.45) is 5.92 Å². The van der Waals surface area contributed by atoms with Gasteiger partial charge in [-0.05, 0) is 43.5 Å². The van der Waals surface area contributed by atoms with E-state index in [0.29, 0.717) is 25.9 Å². The second-order valence-corrected chi connectivity index (χ2v) is 8.70. The number of aromatic nitrogens is 2. The van der Waals surface area contributed by atoms with Gasteiger partial charge in [-0.15, -0.1) is 0 Å². The topological polar surface area (TPSA) is 55.2 Å². The highest BCUT2D eigenvalue weighted by atomic mass is 19.1. The van der Waals surface area contributed by atoms with Crippen molar-refractivity contribution in [3.63, 3.8) is 0 Å². The summed E-state index contributed by atoms with van der Waals surface area (Å²) in [7, 11) is 0. The van der Waals surface area contributed by atoms with Crippen LogP contribution in [0.5, 0.6) is 0 Å². The number of rotatable bonds is 2. The highest BCUT2D eigenvalue weighted by Gasteiger charge is 2.40. The molecule has 5 rings (SSSR count). The lowest BCUT2D eigenvalue weighted by Gasteiger charge is -2.30. The predicted octanol–water partition coefficient (Wildman–Crippen LogP) is 3.96. The van der Waals surface area contributed by atoms with Crippen LogP contribution in [0, 0.1) is 11.7 Å². The zero-order chi connectivity index (χ0) is 20.8. The van der Waals surface area contributed by atoms with Gasteiger partial charge in [0.05, 0.1) is 23.5 Å². The Morgan fingerprint density at radius 2 is 1.93 bits per heavy atom. The van der Waals surface area contributed by atoms with Gasteiger partial charge in [-0.3, -0.25) is 9.59 Å². The first kappa shape index (κ1) is 19.2. The van der Waals surface area contributed by atoms with Crippen LogP contribution in [0.25, 0.3) is 5.69 Å². The van der Waals surface area contributed by atoms with E-state index in [2.05, 4.69) is 12.0 Å². The van der Waals surface area contributed by atoms with Gasteiger partial charge in [-0.1, -0.05) is 18.1 Å². The number of amides is 1. The quantitative estimate of drug-likeness (QED) is 0.708. The number of fused-ring (bicyclic) bond motifs is 1. The number of Topliss-reactive ketones (excluding diaryl/α,β-unsaturated/α-hetero) is 1. The molecule has 2 aromatic rings. The van der Waals surface area contributed by atoms with Gasteiger partial charge in [-0.2, -0.15) is 5.10 Å². The lowest BCUT2D eigenvalue weighted by molar-refractivity contribution is -0.134. The van der Waals surface area contributed by atoms with Gasteiger partial charge in [-0.25, -0.2) is 9.07 Å². The van der Waals surface area contributed by atoms with Crippen LogP contribution in [0.4, 0.5) is 4.39 Å². The predicted molar refractivity (Wildman–Crippen MR) is 111 cm³/mol. The Hall–Kier alpha value is -2.76. The molecule has 1 fully saturated rings. The average molecular weight is 407 g/mol. The molecule has 0 saturated carbocycles. The Labute approximate surface area is 175 Å². The zero-order valence-electron chi connectivity index (χ0n) is 17.2. The first-order valence-electron chi connectivity index (χ1n) is 10.9. The third-order valence-electron chi connectivity index (χ3n) is 6.96. The standard InChI is InChI=1S/C24H26FN3O2/c1-15-21-14-26-28(18-7-5-17(25)6-8-18)22(21)13-16-4-9-20(23(15)16)24(30)27-11-2-3-19(29)10-12-27/h5-8,14-15,20H,2-4,9-13H2,1H3/t15-,20-/m0/s1. The summed E-state index contributed by atoms with van der Waals surface area (Å²) in [5.41, 5.74) is 5.77. The van der Waals surface area contributed by atoms with E-state index >= 15 is 0 Å². The highest BCUT2D eigenvalue weighted by Crippen LogP contribution is 2.47. The highest BCUT2D eigenvalue weighted by molar-refractivity contribution is 5.85. The smallest absolute Gasteiger partial charge is 0.229 e. The Kier molecular flexibility index (Phi) is 4.80. The van der Waals surface area contributed by atoms with Crippen molar-refractivity contribution in [3.05, 3.63) is 58.7 Å². The maximum absolute atomic E-state index is 13.4. The molecule has 0 N–H and O–H groups in total. The summed E-state index contributed by atoms with van der Waals surface area (Å²) in [6, 6.07) is 6.41. The number of hydrogen-bond donors (Lipinski definition) is 0. The van der Waals surface area contributed by atoms with Crippen LogP contribution in [0.1, 0.15) is 56.2 Å². The number of nitrogens with zero attached hydrogens (tertiary/aromatic N) is 3. The second kappa shape index (κ2) is 7.49. The summed E-state index contributed by atoms with van der Waals surface area (Å²) in [6.07, 6.45) is 6.31. The first-order valence-corrected chi connectivity index (χ1v) is 10.9. The lowest BCUT2D eigenvalue weighted by atomic mass is 9.79. The van der Waals surface area contributed by atoms with E-state index in [9.17, 15) is 14.0 Å². The number of ketones is 1. The monoisotopic (exact) mass is 407 g/mol. The molecular formula is C24H26FN3O2. The van der Waals surface area contributed by atoms with Gasteiger partial charge in [0.1, 0.15) is 11.6 Å². The Morgan fingerprint density at radius 1 is 1.13 bits per heavy atom. The molecule has 0 radical (unpaired) electrons. The molecule has 3 aliphatic rings. The van der Waals surface area contributed by atoms with Crippen LogP contribution in [-0.4, -0.2) is 39.5 Å².